The summed E-state index contributed by atoms with van der Waals surface area (Å²) in [6.07, 6.45) is 0. The second-order valence-corrected chi connectivity index (χ2v) is 17.2. The lowest BCUT2D eigenvalue weighted by Gasteiger charge is -2.24. The Morgan fingerprint density at radius 1 is 0.250 bits per heavy atom. The molecule has 0 radical (unpaired) electrons. The SMILES string of the molecule is CC1(C)c2ccccc2-c2cc3c(cc21)-c1ccc(-c2ccc4c5ccc(-c6ccccc6)cc5c5c6ccccc6c6ccccc6c5c4c2)cc1C3(C)C. The van der Waals surface area contributed by atoms with E-state index in [0.717, 1.165) is 0 Å². The van der Waals surface area contributed by atoms with Crippen LogP contribution in [0.2, 0.25) is 0 Å². The molecular weight excluding hydrogens is 673 g/mol. The zero-order chi connectivity index (χ0) is 37.5. The first-order chi connectivity index (χ1) is 27.3. The van der Waals surface area contributed by atoms with Crippen LogP contribution in [-0.2, 0) is 10.8 Å². The van der Waals surface area contributed by atoms with Crippen molar-refractivity contribution in [2.24, 2.45) is 0 Å². The molecule has 0 aliphatic heterocycles. The van der Waals surface area contributed by atoms with Crippen molar-refractivity contribution in [3.05, 3.63) is 192 Å². The first-order valence-electron chi connectivity index (χ1n) is 20.0. The minimum absolute atomic E-state index is 0.0234. The fourth-order valence-electron chi connectivity index (χ4n) is 10.8. The Labute approximate surface area is 327 Å². The second-order valence-electron chi connectivity index (χ2n) is 17.2. The number of hydrogen-bond donors (Lipinski definition) is 0. The lowest BCUT2D eigenvalue weighted by atomic mass is 9.79. The molecule has 10 aromatic carbocycles. The van der Waals surface area contributed by atoms with Crippen molar-refractivity contribution in [1.82, 2.24) is 0 Å². The van der Waals surface area contributed by atoms with Gasteiger partial charge in [0.1, 0.15) is 0 Å². The predicted octanol–water partition coefficient (Wildman–Crippen LogP) is 15.4. The molecule has 264 valence electrons. The summed E-state index contributed by atoms with van der Waals surface area (Å²) in [5, 5.41) is 13.1. The highest BCUT2D eigenvalue weighted by Gasteiger charge is 2.41. The van der Waals surface area contributed by atoms with Gasteiger partial charge < -0.3 is 0 Å². The Morgan fingerprint density at radius 2 is 0.661 bits per heavy atom. The predicted molar refractivity (Wildman–Crippen MR) is 240 cm³/mol. The van der Waals surface area contributed by atoms with E-state index in [-0.39, 0.29) is 10.8 Å². The molecule has 0 nitrogen and oxygen atoms in total. The van der Waals surface area contributed by atoms with Gasteiger partial charge in [0, 0.05) is 10.8 Å². The monoisotopic (exact) mass is 712 g/mol. The van der Waals surface area contributed by atoms with Gasteiger partial charge in [-0.25, -0.2) is 0 Å². The van der Waals surface area contributed by atoms with Crippen LogP contribution in [-0.4, -0.2) is 0 Å². The smallest absolute Gasteiger partial charge is 0.0159 e. The van der Waals surface area contributed by atoms with E-state index >= 15 is 0 Å². The Morgan fingerprint density at radius 3 is 1.27 bits per heavy atom. The minimum Gasteiger partial charge on any atom is -0.0622 e. The van der Waals surface area contributed by atoms with Crippen LogP contribution in [0.4, 0.5) is 0 Å². The zero-order valence-electron chi connectivity index (χ0n) is 32.2. The molecule has 0 spiro atoms. The molecule has 0 saturated carbocycles. The van der Waals surface area contributed by atoms with Crippen LogP contribution in [0, 0.1) is 0 Å². The Bertz CT molecular complexity index is 3340. The molecule has 0 atom stereocenters. The molecule has 0 amide bonds. The highest BCUT2D eigenvalue weighted by atomic mass is 14.4. The van der Waals surface area contributed by atoms with Gasteiger partial charge in [-0.15, -0.1) is 0 Å². The maximum absolute atomic E-state index is 2.52. The second kappa shape index (κ2) is 11.1. The fraction of sp³-hybridized carbons (Fsp3) is 0.107. The molecule has 0 heteroatoms. The van der Waals surface area contributed by atoms with Crippen LogP contribution in [0.25, 0.3) is 98.4 Å². The van der Waals surface area contributed by atoms with E-state index in [1.807, 2.05) is 0 Å². The quantitative estimate of drug-likeness (QED) is 0.157. The molecule has 2 aliphatic carbocycles. The number of benzene rings is 10. The van der Waals surface area contributed by atoms with E-state index in [1.54, 1.807) is 0 Å². The first-order valence-corrected chi connectivity index (χ1v) is 20.0. The third kappa shape index (κ3) is 4.14. The molecule has 0 heterocycles. The van der Waals surface area contributed by atoms with E-state index in [4.69, 9.17) is 0 Å². The van der Waals surface area contributed by atoms with Crippen LogP contribution in [0.3, 0.4) is 0 Å². The van der Waals surface area contributed by atoms with Gasteiger partial charge in [-0.3, -0.25) is 0 Å². The van der Waals surface area contributed by atoms with Crippen LogP contribution in [0.1, 0.15) is 49.9 Å². The molecule has 10 aromatic rings. The van der Waals surface area contributed by atoms with Gasteiger partial charge >= 0.3 is 0 Å². The lowest BCUT2D eigenvalue weighted by molar-refractivity contribution is 0.652. The maximum Gasteiger partial charge on any atom is 0.0159 e. The largest absolute Gasteiger partial charge is 0.0622 e. The van der Waals surface area contributed by atoms with Gasteiger partial charge in [0.05, 0.1) is 0 Å². The van der Waals surface area contributed by atoms with Crippen LogP contribution in [0.15, 0.2) is 170 Å². The number of rotatable bonds is 2. The van der Waals surface area contributed by atoms with Crippen molar-refractivity contribution in [2.45, 2.75) is 38.5 Å². The highest BCUT2D eigenvalue weighted by molar-refractivity contribution is 6.39. The van der Waals surface area contributed by atoms with Gasteiger partial charge in [0.2, 0.25) is 0 Å². The van der Waals surface area contributed by atoms with Crippen molar-refractivity contribution in [3.8, 4) is 44.5 Å². The van der Waals surface area contributed by atoms with Gasteiger partial charge in [-0.05, 0) is 151 Å². The molecular formula is C56H40. The minimum atomic E-state index is -0.122. The topological polar surface area (TPSA) is 0 Å². The number of fused-ring (bicyclic) bond motifs is 17. The van der Waals surface area contributed by atoms with Gasteiger partial charge in [0.25, 0.3) is 0 Å². The summed E-state index contributed by atoms with van der Waals surface area (Å²) < 4.78 is 0. The van der Waals surface area contributed by atoms with Gasteiger partial charge in [-0.1, -0.05) is 167 Å². The summed E-state index contributed by atoms with van der Waals surface area (Å²) in [5.41, 5.74) is 16.1. The zero-order valence-corrected chi connectivity index (χ0v) is 32.2. The van der Waals surface area contributed by atoms with Crippen molar-refractivity contribution in [2.75, 3.05) is 0 Å². The van der Waals surface area contributed by atoms with Gasteiger partial charge in [0.15, 0.2) is 0 Å². The normalized spacial score (nSPS) is 14.7. The van der Waals surface area contributed by atoms with Crippen molar-refractivity contribution in [3.63, 3.8) is 0 Å². The summed E-state index contributed by atoms with van der Waals surface area (Å²) in [4.78, 5) is 0. The van der Waals surface area contributed by atoms with Crippen molar-refractivity contribution in [1.29, 1.82) is 0 Å². The van der Waals surface area contributed by atoms with Crippen LogP contribution in [0.5, 0.6) is 0 Å². The van der Waals surface area contributed by atoms with E-state index in [9.17, 15) is 0 Å². The van der Waals surface area contributed by atoms with Crippen LogP contribution >= 0.6 is 0 Å². The Hall–Kier alpha value is -6.50. The number of hydrogen-bond acceptors (Lipinski definition) is 0. The van der Waals surface area contributed by atoms with E-state index < -0.39 is 0 Å². The molecule has 2 aliphatic rings. The summed E-state index contributed by atoms with van der Waals surface area (Å²) >= 11 is 0. The Kier molecular flexibility index (Phi) is 6.28. The average molecular weight is 713 g/mol. The van der Waals surface area contributed by atoms with Gasteiger partial charge in [-0.2, -0.15) is 0 Å². The highest BCUT2D eigenvalue weighted by Crippen LogP contribution is 2.56. The van der Waals surface area contributed by atoms with E-state index in [1.165, 1.54) is 121 Å². The molecule has 56 heavy (non-hydrogen) atoms. The molecule has 0 N–H and O–H groups in total. The first kappa shape index (κ1) is 31.8. The maximum atomic E-state index is 2.52. The average Bonchev–Trinajstić information content (AvgIpc) is 3.61. The molecule has 0 saturated heterocycles. The third-order valence-electron chi connectivity index (χ3n) is 13.6. The Balaban J connectivity index is 1.10. The van der Waals surface area contributed by atoms with Crippen LogP contribution < -0.4 is 0 Å². The summed E-state index contributed by atoms with van der Waals surface area (Å²) in [6.45, 7) is 9.60. The van der Waals surface area contributed by atoms with E-state index in [2.05, 4.69) is 198 Å². The van der Waals surface area contributed by atoms with Crippen molar-refractivity contribution < 1.29 is 0 Å². The third-order valence-corrected chi connectivity index (χ3v) is 13.6. The molecule has 0 unspecified atom stereocenters. The molecule has 0 aromatic heterocycles. The molecule has 0 fully saturated rings. The summed E-state index contributed by atoms with van der Waals surface area (Å²) in [5.74, 6) is 0. The summed E-state index contributed by atoms with van der Waals surface area (Å²) in [7, 11) is 0. The molecule has 12 rings (SSSR count). The molecule has 0 bridgehead atoms. The van der Waals surface area contributed by atoms with E-state index in [0.29, 0.717) is 0 Å². The van der Waals surface area contributed by atoms with Crippen molar-refractivity contribution >= 4 is 53.9 Å². The standard InChI is InChI=1S/C56H40/c1-55(2)49-21-13-12-18-41(49)45-31-52-46(32-51(45)55)42-27-24-36(30-50(42)56(52,3)4)35-23-26-40-39-25-22-34(33-14-6-5-7-15-33)28-47(39)53-43-19-10-8-16-37(43)38-17-9-11-20-44(38)54(53)48(40)29-35/h5-32H,1-4H3. The summed E-state index contributed by atoms with van der Waals surface area (Å²) in [6, 6.07) is 64.4. The lowest BCUT2D eigenvalue weighted by Crippen LogP contribution is -2.17. The fourth-order valence-corrected chi connectivity index (χ4v) is 10.8.